The van der Waals surface area contributed by atoms with Gasteiger partial charge >= 0.3 is 5.97 Å². The molecule has 2 aromatic carbocycles. The van der Waals surface area contributed by atoms with E-state index in [1.54, 1.807) is 44.6 Å². The van der Waals surface area contributed by atoms with E-state index < -0.39 is 5.97 Å². The van der Waals surface area contributed by atoms with Crippen molar-refractivity contribution in [1.82, 2.24) is 5.16 Å². The number of nitrogens with zero attached hydrogens (tertiary/aromatic N) is 2. The van der Waals surface area contributed by atoms with Gasteiger partial charge in [0.05, 0.1) is 31.0 Å². The molecule has 3 aromatic rings. The van der Waals surface area contributed by atoms with Gasteiger partial charge in [-0.3, -0.25) is 0 Å². The van der Waals surface area contributed by atoms with Crippen LogP contribution in [0.4, 0.5) is 0 Å². The van der Waals surface area contributed by atoms with E-state index in [0.717, 1.165) is 11.3 Å². The average Bonchev–Trinajstić information content (AvgIpc) is 3.33. The number of ether oxygens (including phenoxy) is 4. The number of para-hydroxylation sites is 1. The molecule has 0 fully saturated rings. The van der Waals surface area contributed by atoms with Crippen LogP contribution >= 0.6 is 0 Å². The summed E-state index contributed by atoms with van der Waals surface area (Å²) in [6.07, 6.45) is 1.63. The lowest BCUT2D eigenvalue weighted by atomic mass is 10.1. The van der Waals surface area contributed by atoms with Crippen LogP contribution in [0.3, 0.4) is 0 Å². The number of methoxy groups -OCH3 is 2. The minimum atomic E-state index is -0.538. The number of aromatic nitrogens is 1. The lowest BCUT2D eigenvalue weighted by Gasteiger charge is -2.11. The third-order valence-corrected chi connectivity index (χ3v) is 5.00. The minimum Gasteiger partial charge on any atom is -0.496 e. The first-order valence-corrected chi connectivity index (χ1v) is 9.88. The molecular formula is C24H22N2O6. The molecule has 0 unspecified atom stereocenters. The van der Waals surface area contributed by atoms with Gasteiger partial charge in [0.2, 0.25) is 5.90 Å². The maximum absolute atomic E-state index is 12.4. The second-order valence-corrected chi connectivity index (χ2v) is 7.04. The fourth-order valence-electron chi connectivity index (χ4n) is 3.25. The summed E-state index contributed by atoms with van der Waals surface area (Å²) in [5.74, 6) is 2.02. The molecule has 1 aliphatic rings. The van der Waals surface area contributed by atoms with E-state index in [0.29, 0.717) is 40.7 Å². The highest BCUT2D eigenvalue weighted by atomic mass is 16.6. The molecule has 4 rings (SSSR count). The highest BCUT2D eigenvalue weighted by Crippen LogP contribution is 2.31. The van der Waals surface area contributed by atoms with Gasteiger partial charge in [-0.2, -0.15) is 0 Å². The van der Waals surface area contributed by atoms with Crippen LogP contribution < -0.4 is 14.2 Å². The number of cyclic esters (lactones) is 1. The van der Waals surface area contributed by atoms with Gasteiger partial charge in [-0.1, -0.05) is 23.4 Å². The van der Waals surface area contributed by atoms with Crippen molar-refractivity contribution in [1.29, 1.82) is 0 Å². The standard InChI is InChI=1S/C24H22N2O6/c1-14-18(15(2)32-26-14)13-30-21-10-9-16(12-22(21)29-4)11-19-24(27)31-23(25-19)17-7-5-6-8-20(17)28-3/h5-12H,13H2,1-4H3/b19-11-. The predicted molar refractivity (Wildman–Crippen MR) is 117 cm³/mol. The van der Waals surface area contributed by atoms with Gasteiger partial charge in [0.15, 0.2) is 17.2 Å². The maximum Gasteiger partial charge on any atom is 0.363 e. The molecule has 164 valence electrons. The van der Waals surface area contributed by atoms with Crippen molar-refractivity contribution in [3.8, 4) is 17.2 Å². The van der Waals surface area contributed by atoms with Gasteiger partial charge in [0.1, 0.15) is 18.1 Å². The number of hydrogen-bond acceptors (Lipinski definition) is 8. The third kappa shape index (κ3) is 4.20. The first-order valence-electron chi connectivity index (χ1n) is 9.88. The molecule has 0 aliphatic carbocycles. The third-order valence-electron chi connectivity index (χ3n) is 5.00. The molecular weight excluding hydrogens is 412 g/mol. The summed E-state index contributed by atoms with van der Waals surface area (Å²) < 4.78 is 27.2. The number of aliphatic imine (C=N–C) groups is 1. The SMILES string of the molecule is COc1cc(/C=C2\N=C(c3ccccc3OC)OC2=O)ccc1OCc1c(C)noc1C. The van der Waals surface area contributed by atoms with Crippen molar-refractivity contribution in [3.63, 3.8) is 0 Å². The molecule has 0 bridgehead atoms. The zero-order chi connectivity index (χ0) is 22.7. The van der Waals surface area contributed by atoms with E-state index in [9.17, 15) is 4.79 Å². The minimum absolute atomic E-state index is 0.178. The topological polar surface area (TPSA) is 92.4 Å². The zero-order valence-electron chi connectivity index (χ0n) is 18.2. The zero-order valence-corrected chi connectivity index (χ0v) is 18.2. The molecule has 1 aliphatic heterocycles. The summed E-state index contributed by atoms with van der Waals surface area (Å²) in [4.78, 5) is 16.7. The average molecular weight is 434 g/mol. The van der Waals surface area contributed by atoms with Crippen molar-refractivity contribution >= 4 is 17.9 Å². The molecule has 32 heavy (non-hydrogen) atoms. The lowest BCUT2D eigenvalue weighted by molar-refractivity contribution is -0.129. The van der Waals surface area contributed by atoms with E-state index in [1.807, 2.05) is 32.0 Å². The summed E-state index contributed by atoms with van der Waals surface area (Å²) in [7, 11) is 3.10. The normalized spacial score (nSPS) is 14.3. The number of esters is 1. The summed E-state index contributed by atoms with van der Waals surface area (Å²) in [6, 6.07) is 12.6. The Kier molecular flexibility index (Phi) is 5.93. The van der Waals surface area contributed by atoms with E-state index in [1.165, 1.54) is 0 Å². The van der Waals surface area contributed by atoms with Gasteiger partial charge in [-0.05, 0) is 49.8 Å². The van der Waals surface area contributed by atoms with Crippen LogP contribution in [-0.2, 0) is 16.1 Å². The van der Waals surface area contributed by atoms with Crippen LogP contribution in [0.5, 0.6) is 17.2 Å². The van der Waals surface area contributed by atoms with Crippen molar-refractivity contribution < 1.29 is 28.3 Å². The van der Waals surface area contributed by atoms with Crippen LogP contribution in [0.25, 0.3) is 6.08 Å². The first kappa shape index (κ1) is 21.2. The molecule has 1 aromatic heterocycles. The number of aryl methyl sites for hydroxylation is 2. The molecule has 0 saturated carbocycles. The fraction of sp³-hybridized carbons (Fsp3) is 0.208. The Morgan fingerprint density at radius 3 is 2.50 bits per heavy atom. The second-order valence-electron chi connectivity index (χ2n) is 7.04. The van der Waals surface area contributed by atoms with Gasteiger partial charge in [0.25, 0.3) is 0 Å². The molecule has 0 radical (unpaired) electrons. The van der Waals surface area contributed by atoms with Crippen LogP contribution in [0.1, 0.15) is 28.1 Å². The fourth-order valence-corrected chi connectivity index (χ4v) is 3.25. The van der Waals surface area contributed by atoms with Crippen molar-refractivity contribution in [2.45, 2.75) is 20.5 Å². The highest BCUT2D eigenvalue weighted by molar-refractivity contribution is 6.13. The van der Waals surface area contributed by atoms with Crippen molar-refractivity contribution in [2.24, 2.45) is 4.99 Å². The Bertz CT molecular complexity index is 1210. The number of carbonyl (C=O) groups is 1. The molecule has 8 heteroatoms. The number of rotatable bonds is 7. The molecule has 0 amide bonds. The monoisotopic (exact) mass is 434 g/mol. The summed E-state index contributed by atoms with van der Waals surface area (Å²) in [5, 5.41) is 3.93. The smallest absolute Gasteiger partial charge is 0.363 e. The highest BCUT2D eigenvalue weighted by Gasteiger charge is 2.26. The molecule has 0 atom stereocenters. The molecule has 0 spiro atoms. The Hall–Kier alpha value is -4.07. The van der Waals surface area contributed by atoms with E-state index >= 15 is 0 Å². The Morgan fingerprint density at radius 1 is 1.00 bits per heavy atom. The molecule has 0 N–H and O–H groups in total. The Labute approximate surface area is 185 Å². The van der Waals surface area contributed by atoms with Crippen LogP contribution in [0.2, 0.25) is 0 Å². The van der Waals surface area contributed by atoms with Crippen LogP contribution in [-0.4, -0.2) is 31.2 Å². The Balaban J connectivity index is 1.57. The number of benzene rings is 2. The quantitative estimate of drug-likeness (QED) is 0.406. The summed E-state index contributed by atoms with van der Waals surface area (Å²) in [6.45, 7) is 4.00. The molecule has 8 nitrogen and oxygen atoms in total. The van der Waals surface area contributed by atoms with Gasteiger partial charge in [0, 0.05) is 0 Å². The number of hydrogen-bond donors (Lipinski definition) is 0. The summed E-state index contributed by atoms with van der Waals surface area (Å²) in [5.41, 5.74) is 3.17. The lowest BCUT2D eigenvalue weighted by Crippen LogP contribution is -2.06. The van der Waals surface area contributed by atoms with Crippen LogP contribution in [0.15, 0.2) is 57.7 Å². The maximum atomic E-state index is 12.4. The van der Waals surface area contributed by atoms with Gasteiger partial charge < -0.3 is 23.5 Å². The second kappa shape index (κ2) is 8.97. The largest absolute Gasteiger partial charge is 0.496 e. The molecule has 0 saturated heterocycles. The van der Waals surface area contributed by atoms with E-state index in [-0.39, 0.29) is 11.6 Å². The van der Waals surface area contributed by atoms with Crippen LogP contribution in [0, 0.1) is 13.8 Å². The van der Waals surface area contributed by atoms with Crippen molar-refractivity contribution in [2.75, 3.05) is 14.2 Å². The Morgan fingerprint density at radius 2 is 1.78 bits per heavy atom. The van der Waals surface area contributed by atoms with Crippen molar-refractivity contribution in [3.05, 3.63) is 76.3 Å². The first-order chi connectivity index (χ1) is 15.5. The predicted octanol–water partition coefficient (Wildman–Crippen LogP) is 4.23. The van der Waals surface area contributed by atoms with Gasteiger partial charge in [-0.25, -0.2) is 9.79 Å². The number of carbonyl (C=O) groups excluding carboxylic acids is 1. The van der Waals surface area contributed by atoms with E-state index in [2.05, 4.69) is 10.1 Å². The van der Waals surface area contributed by atoms with Gasteiger partial charge in [-0.15, -0.1) is 0 Å². The van der Waals surface area contributed by atoms with E-state index in [4.69, 9.17) is 23.5 Å². The molecule has 2 heterocycles. The summed E-state index contributed by atoms with van der Waals surface area (Å²) >= 11 is 0.